The molecule has 5 rings (SSSR count). The van der Waals surface area contributed by atoms with Crippen LogP contribution in [-0.2, 0) is 30.5 Å². The van der Waals surface area contributed by atoms with E-state index in [1.54, 1.807) is 26.6 Å². The fraction of sp³-hybridized carbons (Fsp3) is 0.581. The zero-order valence-electron chi connectivity index (χ0n) is 24.5. The molecule has 3 aliphatic rings. The minimum atomic E-state index is -1.18. The third kappa shape index (κ3) is 4.82. The number of fused-ring (bicyclic) bond motifs is 2. The van der Waals surface area contributed by atoms with Gasteiger partial charge < -0.3 is 24.4 Å². The second kappa shape index (κ2) is 12.0. The summed E-state index contributed by atoms with van der Waals surface area (Å²) in [6.07, 6.45) is 6.21. The summed E-state index contributed by atoms with van der Waals surface area (Å²) < 4.78 is 14.1. The summed E-state index contributed by atoms with van der Waals surface area (Å²) in [5.74, 6) is -2.81. The van der Waals surface area contributed by atoms with E-state index in [-0.39, 0.29) is 50.7 Å². The molecule has 1 aromatic carbocycles. The molecule has 2 amide bonds. The zero-order valence-corrected chi connectivity index (χ0v) is 24.5. The van der Waals surface area contributed by atoms with Crippen molar-refractivity contribution in [2.75, 3.05) is 26.3 Å². The first-order chi connectivity index (χ1) is 20.2. The van der Waals surface area contributed by atoms with E-state index in [1.807, 2.05) is 38.1 Å². The molecule has 1 N–H and O–H groups in total. The van der Waals surface area contributed by atoms with Crippen LogP contribution in [0.5, 0.6) is 0 Å². The fourth-order valence-corrected chi connectivity index (χ4v) is 7.23. The number of esters is 1. The van der Waals surface area contributed by atoms with Gasteiger partial charge in [0.2, 0.25) is 11.8 Å². The van der Waals surface area contributed by atoms with Gasteiger partial charge in [-0.2, -0.15) is 0 Å². The fourth-order valence-electron chi connectivity index (χ4n) is 7.23. The Morgan fingerprint density at radius 2 is 2.02 bits per heavy atom. The zero-order chi connectivity index (χ0) is 30.1. The number of carbonyl (C=O) groups excluding carboxylic acids is 3. The summed E-state index contributed by atoms with van der Waals surface area (Å²) >= 11 is 0. The number of hydrogen-bond donors (Lipinski definition) is 1. The number of hydrogen-bond acceptors (Lipinski definition) is 8. The number of likely N-dealkylation sites (tertiary alicyclic amines) is 1. The van der Waals surface area contributed by atoms with Crippen LogP contribution in [-0.4, -0.2) is 91.2 Å². The smallest absolute Gasteiger partial charge is 0.312 e. The molecule has 3 saturated heterocycles. The van der Waals surface area contributed by atoms with E-state index in [2.05, 4.69) is 23.5 Å². The van der Waals surface area contributed by atoms with Gasteiger partial charge in [-0.25, -0.2) is 4.68 Å². The Hall–Kier alpha value is -3.57. The van der Waals surface area contributed by atoms with Crippen LogP contribution in [0.1, 0.15) is 46.0 Å². The number of nitrogens with zero attached hydrogens (tertiary/aromatic N) is 5. The van der Waals surface area contributed by atoms with Crippen molar-refractivity contribution in [3.05, 3.63) is 49.6 Å². The summed E-state index contributed by atoms with van der Waals surface area (Å²) in [6.45, 7) is 12.2. The predicted molar refractivity (Wildman–Crippen MR) is 155 cm³/mol. The van der Waals surface area contributed by atoms with Crippen LogP contribution in [0.25, 0.3) is 11.0 Å². The molecule has 0 saturated carbocycles. The lowest BCUT2D eigenvalue weighted by molar-refractivity contribution is -0.162. The number of allylic oxidation sites excluding steroid dienone is 1. The Bertz CT molecular complexity index is 1360. The maximum Gasteiger partial charge on any atom is 0.312 e. The molecule has 11 heteroatoms. The first-order valence-electron chi connectivity index (χ1n) is 14.8. The van der Waals surface area contributed by atoms with Gasteiger partial charge in [-0.3, -0.25) is 14.4 Å². The van der Waals surface area contributed by atoms with Crippen LogP contribution < -0.4 is 0 Å². The molecule has 0 radical (unpaired) electrons. The lowest BCUT2D eigenvalue weighted by Crippen LogP contribution is -2.56. The lowest BCUT2D eigenvalue weighted by atomic mass is 9.62. The van der Waals surface area contributed by atoms with E-state index in [4.69, 9.17) is 9.47 Å². The highest BCUT2D eigenvalue weighted by atomic mass is 16.6. The van der Waals surface area contributed by atoms with E-state index < -0.39 is 35.0 Å². The SMILES string of the molecule is C=CCCCOC(=O)[C@H]1[C@H]2C(=O)N(CCCCO)C(C(=O)N(CC=C)Cn3nnc4ccccc43)C23CC(C)[C@]1(C)O3. The molecule has 11 nitrogen and oxygen atoms in total. The molecule has 3 aliphatic heterocycles. The van der Waals surface area contributed by atoms with Gasteiger partial charge in [0.15, 0.2) is 0 Å². The van der Waals surface area contributed by atoms with Crippen LogP contribution in [0.4, 0.5) is 0 Å². The quantitative estimate of drug-likeness (QED) is 0.206. The minimum Gasteiger partial charge on any atom is -0.465 e. The molecule has 3 fully saturated rings. The average Bonchev–Trinajstić information content (AvgIpc) is 3.64. The van der Waals surface area contributed by atoms with Crippen LogP contribution in [0, 0.1) is 17.8 Å². The molecule has 6 atom stereocenters. The number of carbonyl (C=O) groups is 3. The van der Waals surface area contributed by atoms with E-state index in [0.29, 0.717) is 37.6 Å². The number of unbranched alkanes of at least 4 members (excludes halogenated alkanes) is 2. The second-order valence-corrected chi connectivity index (χ2v) is 11.8. The Morgan fingerprint density at radius 3 is 2.76 bits per heavy atom. The third-order valence-electron chi connectivity index (χ3n) is 9.29. The van der Waals surface area contributed by atoms with E-state index >= 15 is 0 Å². The standard InChI is InChI=1S/C31H41N5O6/c1-5-7-12-18-41-29(40)25-24-27(38)35(16-10-11-17-37)26(31(24)19-21(3)30(25,4)42-31)28(39)34(15-6-2)20-36-23-14-9-8-13-22(23)32-33-36/h5-6,8-9,13-14,21,24-26,37H,1-2,7,10-12,15-20H2,3-4H3/t21?,24-,25+,26?,30-,31?/m0/s1. The number of aliphatic hydroxyl groups is 1. The van der Waals surface area contributed by atoms with E-state index in [1.165, 1.54) is 0 Å². The highest BCUT2D eigenvalue weighted by Crippen LogP contribution is 2.65. The Balaban J connectivity index is 1.51. The monoisotopic (exact) mass is 579 g/mol. The largest absolute Gasteiger partial charge is 0.465 e. The molecule has 0 aliphatic carbocycles. The van der Waals surface area contributed by atoms with Gasteiger partial charge in [0.05, 0.1) is 23.6 Å². The maximum atomic E-state index is 14.6. The highest BCUT2D eigenvalue weighted by Gasteiger charge is 2.80. The topological polar surface area (TPSA) is 127 Å². The minimum absolute atomic E-state index is 0.0254. The summed E-state index contributed by atoms with van der Waals surface area (Å²) in [5.41, 5.74) is -0.651. The third-order valence-corrected chi connectivity index (χ3v) is 9.29. The van der Waals surface area contributed by atoms with Gasteiger partial charge in [0, 0.05) is 19.7 Å². The van der Waals surface area contributed by atoms with Gasteiger partial charge in [0.25, 0.3) is 0 Å². The van der Waals surface area contributed by atoms with Crippen LogP contribution >= 0.6 is 0 Å². The summed E-state index contributed by atoms with van der Waals surface area (Å²) in [7, 11) is 0. The van der Waals surface area contributed by atoms with Crippen molar-refractivity contribution in [3.63, 3.8) is 0 Å². The molecule has 226 valence electrons. The molecule has 1 aromatic heterocycles. The van der Waals surface area contributed by atoms with Crippen LogP contribution in [0.3, 0.4) is 0 Å². The summed E-state index contributed by atoms with van der Waals surface area (Å²) in [5, 5.41) is 17.9. The number of para-hydroxylation sites is 1. The number of aliphatic hydroxyl groups excluding tert-OH is 1. The van der Waals surface area contributed by atoms with Crippen molar-refractivity contribution in [2.24, 2.45) is 17.8 Å². The number of benzene rings is 1. The van der Waals surface area contributed by atoms with Gasteiger partial charge in [-0.1, -0.05) is 36.4 Å². The molecule has 2 aromatic rings. The molecule has 3 unspecified atom stereocenters. The number of rotatable bonds is 14. The van der Waals surface area contributed by atoms with Gasteiger partial charge >= 0.3 is 5.97 Å². The molecule has 2 bridgehead atoms. The molecule has 4 heterocycles. The van der Waals surface area contributed by atoms with Crippen molar-refractivity contribution in [3.8, 4) is 0 Å². The Labute approximate surface area is 246 Å². The number of ether oxygens (including phenoxy) is 2. The van der Waals surface area contributed by atoms with Gasteiger partial charge in [0.1, 0.15) is 29.7 Å². The number of aromatic nitrogens is 3. The summed E-state index contributed by atoms with van der Waals surface area (Å²) in [6, 6.07) is 6.54. The average molecular weight is 580 g/mol. The first kappa shape index (κ1) is 29.9. The molecule has 42 heavy (non-hydrogen) atoms. The maximum absolute atomic E-state index is 14.6. The van der Waals surface area contributed by atoms with Crippen molar-refractivity contribution in [1.29, 1.82) is 0 Å². The molecule has 1 spiro atoms. The normalized spacial score (nSPS) is 29.6. The second-order valence-electron chi connectivity index (χ2n) is 11.8. The van der Waals surface area contributed by atoms with Crippen molar-refractivity contribution < 1.29 is 29.0 Å². The van der Waals surface area contributed by atoms with Crippen molar-refractivity contribution in [1.82, 2.24) is 24.8 Å². The van der Waals surface area contributed by atoms with Crippen LogP contribution in [0.2, 0.25) is 0 Å². The molecular formula is C31H41N5O6. The Kier molecular flexibility index (Phi) is 8.52. The summed E-state index contributed by atoms with van der Waals surface area (Å²) in [4.78, 5) is 45.6. The van der Waals surface area contributed by atoms with Gasteiger partial charge in [-0.15, -0.1) is 18.3 Å². The number of amides is 2. The van der Waals surface area contributed by atoms with E-state index in [9.17, 15) is 19.5 Å². The predicted octanol–water partition coefficient (Wildman–Crippen LogP) is 2.70. The van der Waals surface area contributed by atoms with Crippen LogP contribution in [0.15, 0.2) is 49.6 Å². The first-order valence-corrected chi connectivity index (χ1v) is 14.8. The molecular weight excluding hydrogens is 538 g/mol. The highest BCUT2D eigenvalue weighted by molar-refractivity contribution is 5.98. The van der Waals surface area contributed by atoms with Crippen molar-refractivity contribution in [2.45, 2.75) is 69.9 Å². The lowest BCUT2D eigenvalue weighted by Gasteiger charge is -2.37. The van der Waals surface area contributed by atoms with E-state index in [0.717, 1.165) is 5.52 Å². The Morgan fingerprint density at radius 1 is 1.24 bits per heavy atom. The van der Waals surface area contributed by atoms with Gasteiger partial charge in [-0.05, 0) is 57.1 Å². The van der Waals surface area contributed by atoms with Crippen molar-refractivity contribution >= 4 is 28.8 Å².